The number of hydrogen-bond acceptors (Lipinski definition) is 5. The Morgan fingerprint density at radius 2 is 2.28 bits per heavy atom. The lowest BCUT2D eigenvalue weighted by molar-refractivity contribution is 0.0796. The maximum absolute atomic E-state index is 11.6. The lowest BCUT2D eigenvalue weighted by Crippen LogP contribution is -2.32. The van der Waals surface area contributed by atoms with Crippen LogP contribution in [0.1, 0.15) is 12.8 Å². The van der Waals surface area contributed by atoms with Crippen LogP contribution in [0.5, 0.6) is 0 Å². The standard InChI is InChI=1S/C11H15N5O2/c12-11-14-9-8(10(18)15-11)13-5-16(9)3-6-1-2-7(6)4-17/h5-7,17H,1-4H2,(H3,12,14,15,18). The van der Waals surface area contributed by atoms with Crippen LogP contribution in [-0.2, 0) is 6.54 Å². The lowest BCUT2D eigenvalue weighted by atomic mass is 9.74. The highest BCUT2D eigenvalue weighted by atomic mass is 16.3. The van der Waals surface area contributed by atoms with Gasteiger partial charge in [-0.15, -0.1) is 0 Å². The third-order valence-electron chi connectivity index (χ3n) is 3.73. The Morgan fingerprint density at radius 1 is 1.50 bits per heavy atom. The van der Waals surface area contributed by atoms with Crippen LogP contribution in [0.15, 0.2) is 11.1 Å². The number of rotatable bonds is 3. The summed E-state index contributed by atoms with van der Waals surface area (Å²) in [5.74, 6) is 0.873. The van der Waals surface area contributed by atoms with Crippen molar-refractivity contribution in [2.24, 2.45) is 11.8 Å². The lowest BCUT2D eigenvalue weighted by Gasteiger charge is -2.35. The Labute approximate surface area is 103 Å². The topological polar surface area (TPSA) is 110 Å². The summed E-state index contributed by atoms with van der Waals surface area (Å²) in [6.45, 7) is 0.936. The van der Waals surface area contributed by atoms with Crippen molar-refractivity contribution >= 4 is 17.1 Å². The van der Waals surface area contributed by atoms with Crippen molar-refractivity contribution in [1.29, 1.82) is 0 Å². The monoisotopic (exact) mass is 249 g/mol. The predicted octanol–water partition coefficient (Wildman–Crippen LogP) is -0.280. The smallest absolute Gasteiger partial charge is 0.280 e. The molecular weight excluding hydrogens is 234 g/mol. The Bertz CT molecular complexity index is 630. The first-order chi connectivity index (χ1) is 8.69. The maximum Gasteiger partial charge on any atom is 0.280 e. The average Bonchev–Trinajstić information content (AvgIpc) is 2.68. The second-order valence-corrected chi connectivity index (χ2v) is 4.80. The van der Waals surface area contributed by atoms with Gasteiger partial charge in [0.1, 0.15) is 0 Å². The molecule has 18 heavy (non-hydrogen) atoms. The SMILES string of the molecule is Nc1nc2c(ncn2CC2CCC2CO)c(=O)[nH]1. The van der Waals surface area contributed by atoms with Crippen molar-refractivity contribution < 1.29 is 5.11 Å². The molecule has 7 nitrogen and oxygen atoms in total. The molecule has 3 rings (SSSR count). The number of aromatic nitrogens is 4. The highest BCUT2D eigenvalue weighted by Crippen LogP contribution is 2.35. The van der Waals surface area contributed by atoms with Crippen LogP contribution in [0, 0.1) is 11.8 Å². The second kappa shape index (κ2) is 4.09. The van der Waals surface area contributed by atoms with Crippen molar-refractivity contribution in [2.75, 3.05) is 12.3 Å². The van der Waals surface area contributed by atoms with Crippen LogP contribution in [-0.4, -0.2) is 31.2 Å². The molecular formula is C11H15N5O2. The predicted molar refractivity (Wildman–Crippen MR) is 65.9 cm³/mol. The quantitative estimate of drug-likeness (QED) is 0.693. The Kier molecular flexibility index (Phi) is 2.55. The van der Waals surface area contributed by atoms with Crippen LogP contribution in [0.2, 0.25) is 0 Å². The summed E-state index contributed by atoms with van der Waals surface area (Å²) in [7, 11) is 0. The third kappa shape index (κ3) is 1.67. The molecule has 2 heterocycles. The number of anilines is 1. The van der Waals surface area contributed by atoms with Crippen LogP contribution in [0.3, 0.4) is 0 Å². The van der Waals surface area contributed by atoms with Gasteiger partial charge in [-0.3, -0.25) is 9.78 Å². The number of hydrogen-bond donors (Lipinski definition) is 3. The van der Waals surface area contributed by atoms with Gasteiger partial charge in [-0.05, 0) is 24.7 Å². The summed E-state index contributed by atoms with van der Waals surface area (Å²) in [6, 6.07) is 0. The van der Waals surface area contributed by atoms with E-state index in [2.05, 4.69) is 15.0 Å². The highest BCUT2D eigenvalue weighted by Gasteiger charge is 2.30. The molecule has 0 aromatic carbocycles. The number of aliphatic hydroxyl groups is 1. The van der Waals surface area contributed by atoms with E-state index in [4.69, 9.17) is 5.73 Å². The zero-order valence-electron chi connectivity index (χ0n) is 9.83. The van der Waals surface area contributed by atoms with Gasteiger partial charge in [0.25, 0.3) is 5.56 Å². The molecule has 1 aliphatic rings. The number of nitrogen functional groups attached to an aromatic ring is 1. The highest BCUT2D eigenvalue weighted by molar-refractivity contribution is 5.70. The molecule has 7 heteroatoms. The molecule has 0 aliphatic heterocycles. The van der Waals surface area contributed by atoms with E-state index >= 15 is 0 Å². The minimum atomic E-state index is -0.316. The minimum Gasteiger partial charge on any atom is -0.396 e. The van der Waals surface area contributed by atoms with E-state index < -0.39 is 0 Å². The van der Waals surface area contributed by atoms with Crippen LogP contribution >= 0.6 is 0 Å². The first-order valence-corrected chi connectivity index (χ1v) is 6.00. The number of aliphatic hydroxyl groups excluding tert-OH is 1. The molecule has 0 saturated heterocycles. The number of nitrogens with two attached hydrogens (primary N) is 1. The number of nitrogens with one attached hydrogen (secondary N) is 1. The van der Waals surface area contributed by atoms with Gasteiger partial charge in [0.15, 0.2) is 11.2 Å². The molecule has 2 unspecified atom stereocenters. The molecule has 2 aromatic heterocycles. The minimum absolute atomic E-state index is 0.0987. The molecule has 0 radical (unpaired) electrons. The third-order valence-corrected chi connectivity index (χ3v) is 3.73. The Hall–Kier alpha value is -1.89. The number of aromatic amines is 1. The second-order valence-electron chi connectivity index (χ2n) is 4.80. The fourth-order valence-electron chi connectivity index (χ4n) is 2.48. The number of imidazole rings is 1. The van der Waals surface area contributed by atoms with Gasteiger partial charge in [0, 0.05) is 13.2 Å². The average molecular weight is 249 g/mol. The molecule has 96 valence electrons. The van der Waals surface area contributed by atoms with Gasteiger partial charge in [0.2, 0.25) is 5.95 Å². The van der Waals surface area contributed by atoms with Crippen LogP contribution in [0.4, 0.5) is 5.95 Å². The number of nitrogens with zero attached hydrogens (tertiary/aromatic N) is 3. The molecule has 0 amide bonds. The molecule has 1 aliphatic carbocycles. The molecule has 1 saturated carbocycles. The Morgan fingerprint density at radius 3 is 2.94 bits per heavy atom. The summed E-state index contributed by atoms with van der Waals surface area (Å²) >= 11 is 0. The van der Waals surface area contributed by atoms with E-state index in [9.17, 15) is 9.90 Å². The zero-order chi connectivity index (χ0) is 12.7. The Balaban J connectivity index is 1.95. The van der Waals surface area contributed by atoms with Gasteiger partial charge in [-0.2, -0.15) is 4.98 Å². The summed E-state index contributed by atoms with van der Waals surface area (Å²) in [6.07, 6.45) is 3.76. The van der Waals surface area contributed by atoms with Crippen molar-refractivity contribution in [3.05, 3.63) is 16.7 Å². The van der Waals surface area contributed by atoms with E-state index in [1.54, 1.807) is 6.33 Å². The molecule has 0 spiro atoms. The van der Waals surface area contributed by atoms with E-state index in [0.29, 0.717) is 23.0 Å². The van der Waals surface area contributed by atoms with Crippen molar-refractivity contribution in [1.82, 2.24) is 19.5 Å². The summed E-state index contributed by atoms with van der Waals surface area (Å²) < 4.78 is 1.84. The largest absolute Gasteiger partial charge is 0.396 e. The van der Waals surface area contributed by atoms with E-state index in [0.717, 1.165) is 19.4 Å². The first kappa shape index (κ1) is 11.2. The maximum atomic E-state index is 11.6. The van der Waals surface area contributed by atoms with Crippen molar-refractivity contribution in [2.45, 2.75) is 19.4 Å². The zero-order valence-corrected chi connectivity index (χ0v) is 9.83. The normalized spacial score (nSPS) is 23.2. The van der Waals surface area contributed by atoms with Gasteiger partial charge in [-0.25, -0.2) is 4.98 Å². The van der Waals surface area contributed by atoms with Gasteiger partial charge >= 0.3 is 0 Å². The first-order valence-electron chi connectivity index (χ1n) is 6.00. The van der Waals surface area contributed by atoms with E-state index in [-0.39, 0.29) is 18.1 Å². The van der Waals surface area contributed by atoms with Crippen molar-refractivity contribution in [3.63, 3.8) is 0 Å². The molecule has 4 N–H and O–H groups in total. The summed E-state index contributed by atoms with van der Waals surface area (Å²) in [5, 5.41) is 9.17. The summed E-state index contributed by atoms with van der Waals surface area (Å²) in [4.78, 5) is 22.2. The van der Waals surface area contributed by atoms with Crippen LogP contribution in [0.25, 0.3) is 11.2 Å². The van der Waals surface area contributed by atoms with Gasteiger partial charge in [-0.1, -0.05) is 0 Å². The summed E-state index contributed by atoms with van der Waals surface area (Å²) in [5.41, 5.74) is 6.04. The number of H-pyrrole nitrogens is 1. The van der Waals surface area contributed by atoms with Crippen molar-refractivity contribution in [3.8, 4) is 0 Å². The van der Waals surface area contributed by atoms with E-state index in [1.807, 2.05) is 4.57 Å². The molecule has 0 bridgehead atoms. The van der Waals surface area contributed by atoms with Crippen LogP contribution < -0.4 is 11.3 Å². The molecule has 1 fully saturated rings. The molecule has 2 aromatic rings. The van der Waals surface area contributed by atoms with Gasteiger partial charge < -0.3 is 15.4 Å². The number of fused-ring (bicyclic) bond motifs is 1. The van der Waals surface area contributed by atoms with E-state index in [1.165, 1.54) is 0 Å². The fraction of sp³-hybridized carbons (Fsp3) is 0.545. The van der Waals surface area contributed by atoms with Gasteiger partial charge in [0.05, 0.1) is 6.33 Å². The molecule has 2 atom stereocenters. The fourth-order valence-corrected chi connectivity index (χ4v) is 2.48.